The summed E-state index contributed by atoms with van der Waals surface area (Å²) in [6, 6.07) is 4.27. The number of unbranched alkanes of at least 4 members (excludes halogenated alkanes) is 2. The number of aliphatic hydroxyl groups excluding tert-OH is 1. The van der Waals surface area contributed by atoms with E-state index in [4.69, 9.17) is 0 Å². The first kappa shape index (κ1) is 12.7. The molecular weight excluding hydrogens is 204 g/mol. The lowest BCUT2D eigenvalue weighted by atomic mass is 10.1. The highest BCUT2D eigenvalue weighted by Gasteiger charge is 2.03. The van der Waals surface area contributed by atoms with Crippen LogP contribution in [0, 0.1) is 0 Å². The molecule has 1 heterocycles. The van der Waals surface area contributed by atoms with Gasteiger partial charge in [0, 0.05) is 4.88 Å². The minimum absolute atomic E-state index is 0.0727. The fourth-order valence-electron chi connectivity index (χ4n) is 1.74. The highest BCUT2D eigenvalue weighted by molar-refractivity contribution is 7.09. The Morgan fingerprint density at radius 2 is 2.07 bits per heavy atom. The van der Waals surface area contributed by atoms with Gasteiger partial charge in [-0.05, 0) is 37.1 Å². The lowest BCUT2D eigenvalue weighted by Gasteiger charge is -2.09. The summed E-state index contributed by atoms with van der Waals surface area (Å²) in [6.07, 6.45) is 7.79. The van der Waals surface area contributed by atoms with Gasteiger partial charge < -0.3 is 5.11 Å². The molecule has 1 N–H and O–H groups in total. The van der Waals surface area contributed by atoms with Crippen molar-refractivity contribution in [3.05, 3.63) is 22.4 Å². The SMILES string of the molecule is CCCCCC(O)CCCc1cccs1. The number of hydrogen-bond donors (Lipinski definition) is 1. The fraction of sp³-hybridized carbons (Fsp3) is 0.692. The molecule has 15 heavy (non-hydrogen) atoms. The molecule has 0 fully saturated rings. The topological polar surface area (TPSA) is 20.2 Å². The monoisotopic (exact) mass is 226 g/mol. The van der Waals surface area contributed by atoms with Crippen LogP contribution >= 0.6 is 11.3 Å². The first-order chi connectivity index (χ1) is 7.33. The summed E-state index contributed by atoms with van der Waals surface area (Å²) >= 11 is 1.81. The summed E-state index contributed by atoms with van der Waals surface area (Å²) in [5.41, 5.74) is 0. The van der Waals surface area contributed by atoms with Crippen molar-refractivity contribution >= 4 is 11.3 Å². The third kappa shape index (κ3) is 5.95. The maximum atomic E-state index is 9.71. The largest absolute Gasteiger partial charge is 0.393 e. The fourth-order valence-corrected chi connectivity index (χ4v) is 2.49. The molecule has 2 heteroatoms. The van der Waals surface area contributed by atoms with Gasteiger partial charge in [0.15, 0.2) is 0 Å². The van der Waals surface area contributed by atoms with E-state index in [1.54, 1.807) is 0 Å². The molecule has 0 aromatic carbocycles. The van der Waals surface area contributed by atoms with E-state index in [9.17, 15) is 5.11 Å². The third-order valence-electron chi connectivity index (χ3n) is 2.68. The molecule has 0 bridgehead atoms. The number of aliphatic hydroxyl groups is 1. The predicted octanol–water partition coefficient (Wildman–Crippen LogP) is 4.01. The zero-order valence-corrected chi connectivity index (χ0v) is 10.4. The average molecular weight is 226 g/mol. The van der Waals surface area contributed by atoms with Gasteiger partial charge in [-0.15, -0.1) is 11.3 Å². The normalized spacial score (nSPS) is 12.9. The molecule has 86 valence electrons. The van der Waals surface area contributed by atoms with Gasteiger partial charge in [-0.25, -0.2) is 0 Å². The zero-order chi connectivity index (χ0) is 10.9. The standard InChI is InChI=1S/C13H22OS/c1-2-3-4-7-12(14)8-5-9-13-10-6-11-15-13/h6,10-12,14H,2-5,7-9H2,1H3. The van der Waals surface area contributed by atoms with Crippen molar-refractivity contribution in [1.29, 1.82) is 0 Å². The first-order valence-electron chi connectivity index (χ1n) is 6.03. The summed E-state index contributed by atoms with van der Waals surface area (Å²) in [7, 11) is 0. The lowest BCUT2D eigenvalue weighted by molar-refractivity contribution is 0.148. The molecule has 0 amide bonds. The van der Waals surface area contributed by atoms with E-state index in [1.807, 2.05) is 11.3 Å². The molecule has 0 saturated carbocycles. The molecule has 1 nitrogen and oxygen atoms in total. The van der Waals surface area contributed by atoms with Crippen LogP contribution in [-0.4, -0.2) is 11.2 Å². The molecule has 1 unspecified atom stereocenters. The second-order valence-electron chi connectivity index (χ2n) is 4.12. The van der Waals surface area contributed by atoms with Crippen LogP contribution in [0.3, 0.4) is 0 Å². The Morgan fingerprint density at radius 3 is 2.73 bits per heavy atom. The second-order valence-corrected chi connectivity index (χ2v) is 5.15. The Kier molecular flexibility index (Phi) is 6.69. The zero-order valence-electron chi connectivity index (χ0n) is 9.61. The van der Waals surface area contributed by atoms with Crippen molar-refractivity contribution in [3.8, 4) is 0 Å². The minimum atomic E-state index is -0.0727. The molecule has 0 aliphatic heterocycles. The van der Waals surface area contributed by atoms with Gasteiger partial charge in [-0.1, -0.05) is 32.3 Å². The summed E-state index contributed by atoms with van der Waals surface area (Å²) in [5.74, 6) is 0. The predicted molar refractivity (Wildman–Crippen MR) is 67.4 cm³/mol. The quantitative estimate of drug-likeness (QED) is 0.664. The summed E-state index contributed by atoms with van der Waals surface area (Å²) in [4.78, 5) is 1.44. The van der Waals surface area contributed by atoms with E-state index in [1.165, 1.54) is 24.1 Å². The third-order valence-corrected chi connectivity index (χ3v) is 3.62. The van der Waals surface area contributed by atoms with Crippen molar-refractivity contribution in [1.82, 2.24) is 0 Å². The van der Waals surface area contributed by atoms with E-state index >= 15 is 0 Å². The van der Waals surface area contributed by atoms with Crippen LogP contribution in [0.5, 0.6) is 0 Å². The smallest absolute Gasteiger partial charge is 0.0540 e. The number of rotatable bonds is 8. The minimum Gasteiger partial charge on any atom is -0.393 e. The van der Waals surface area contributed by atoms with Crippen molar-refractivity contribution < 1.29 is 5.11 Å². The van der Waals surface area contributed by atoms with Crippen molar-refractivity contribution in [2.24, 2.45) is 0 Å². The molecular formula is C13H22OS. The number of hydrogen-bond acceptors (Lipinski definition) is 2. The number of thiophene rings is 1. The van der Waals surface area contributed by atoms with E-state index in [-0.39, 0.29) is 6.10 Å². The Labute approximate surface area is 97.2 Å². The molecule has 0 radical (unpaired) electrons. The second kappa shape index (κ2) is 7.89. The van der Waals surface area contributed by atoms with Gasteiger partial charge in [-0.3, -0.25) is 0 Å². The number of aryl methyl sites for hydroxylation is 1. The molecule has 0 saturated heterocycles. The van der Waals surface area contributed by atoms with Crippen molar-refractivity contribution in [2.45, 2.75) is 58.0 Å². The summed E-state index contributed by atoms with van der Waals surface area (Å²) in [5, 5.41) is 11.8. The molecule has 1 aromatic heterocycles. The molecule has 1 atom stereocenters. The lowest BCUT2D eigenvalue weighted by Crippen LogP contribution is -2.06. The van der Waals surface area contributed by atoms with E-state index in [0.717, 1.165) is 25.7 Å². The van der Waals surface area contributed by atoms with Crippen LogP contribution in [-0.2, 0) is 6.42 Å². The van der Waals surface area contributed by atoms with E-state index in [2.05, 4.69) is 24.4 Å². The van der Waals surface area contributed by atoms with Gasteiger partial charge >= 0.3 is 0 Å². The highest BCUT2D eigenvalue weighted by atomic mass is 32.1. The molecule has 1 rings (SSSR count). The average Bonchev–Trinajstić information content (AvgIpc) is 2.71. The maximum Gasteiger partial charge on any atom is 0.0540 e. The summed E-state index contributed by atoms with van der Waals surface area (Å²) < 4.78 is 0. The highest BCUT2D eigenvalue weighted by Crippen LogP contribution is 2.14. The molecule has 0 spiro atoms. The van der Waals surface area contributed by atoms with Gasteiger partial charge in [-0.2, -0.15) is 0 Å². The van der Waals surface area contributed by atoms with Crippen LogP contribution < -0.4 is 0 Å². The van der Waals surface area contributed by atoms with E-state index in [0.29, 0.717) is 0 Å². The molecule has 1 aromatic rings. The molecule has 0 aliphatic rings. The Balaban J connectivity index is 1.99. The van der Waals surface area contributed by atoms with Crippen LogP contribution in [0.1, 0.15) is 50.3 Å². The van der Waals surface area contributed by atoms with Crippen LogP contribution in [0.25, 0.3) is 0 Å². The maximum absolute atomic E-state index is 9.71. The van der Waals surface area contributed by atoms with Crippen molar-refractivity contribution in [3.63, 3.8) is 0 Å². The van der Waals surface area contributed by atoms with Crippen LogP contribution in [0.15, 0.2) is 17.5 Å². The van der Waals surface area contributed by atoms with Crippen molar-refractivity contribution in [2.75, 3.05) is 0 Å². The van der Waals surface area contributed by atoms with Gasteiger partial charge in [0.2, 0.25) is 0 Å². The van der Waals surface area contributed by atoms with Gasteiger partial charge in [0.1, 0.15) is 0 Å². The Morgan fingerprint density at radius 1 is 1.27 bits per heavy atom. The Bertz CT molecular complexity index is 231. The van der Waals surface area contributed by atoms with Crippen LogP contribution in [0.4, 0.5) is 0 Å². The summed E-state index contributed by atoms with van der Waals surface area (Å²) in [6.45, 7) is 2.20. The molecule has 0 aliphatic carbocycles. The van der Waals surface area contributed by atoms with E-state index < -0.39 is 0 Å². The Hall–Kier alpha value is -0.340. The van der Waals surface area contributed by atoms with Crippen LogP contribution in [0.2, 0.25) is 0 Å². The van der Waals surface area contributed by atoms with Gasteiger partial charge in [0.25, 0.3) is 0 Å². The van der Waals surface area contributed by atoms with Gasteiger partial charge in [0.05, 0.1) is 6.10 Å². The first-order valence-corrected chi connectivity index (χ1v) is 6.91.